The molecule has 4 heteroatoms. The third kappa shape index (κ3) is 3.20. The summed E-state index contributed by atoms with van der Waals surface area (Å²) in [6, 6.07) is 7.75. The maximum atomic E-state index is 12.9. The summed E-state index contributed by atoms with van der Waals surface area (Å²) in [4.78, 5) is 14.7. The van der Waals surface area contributed by atoms with Crippen LogP contribution < -0.4 is 4.74 Å². The second kappa shape index (κ2) is 6.25. The van der Waals surface area contributed by atoms with Crippen LogP contribution in [0.5, 0.6) is 5.75 Å². The van der Waals surface area contributed by atoms with E-state index < -0.39 is 6.10 Å². The Bertz CT molecular complexity index is 647. The summed E-state index contributed by atoms with van der Waals surface area (Å²) in [5.74, 6) is 2.13. The summed E-state index contributed by atoms with van der Waals surface area (Å²) in [6.45, 7) is 0.416. The van der Waals surface area contributed by atoms with Gasteiger partial charge < -0.3 is 14.7 Å². The summed E-state index contributed by atoms with van der Waals surface area (Å²) in [7, 11) is 1.64. The first kappa shape index (κ1) is 15.7. The van der Waals surface area contributed by atoms with Gasteiger partial charge in [-0.1, -0.05) is 17.7 Å². The fraction of sp³-hybridized carbons (Fsp3) is 0.550. The van der Waals surface area contributed by atoms with E-state index in [0.717, 1.165) is 11.3 Å². The van der Waals surface area contributed by atoms with Crippen molar-refractivity contribution in [2.24, 2.45) is 11.8 Å². The number of rotatable bonds is 5. The highest BCUT2D eigenvalue weighted by atomic mass is 16.5. The summed E-state index contributed by atoms with van der Waals surface area (Å²) in [5.41, 5.74) is 2.40. The van der Waals surface area contributed by atoms with Gasteiger partial charge in [0.15, 0.2) is 0 Å². The molecule has 0 spiro atoms. The molecule has 4 rings (SSSR count). The van der Waals surface area contributed by atoms with Crippen LogP contribution in [0.4, 0.5) is 0 Å². The van der Waals surface area contributed by atoms with Gasteiger partial charge in [-0.2, -0.15) is 0 Å². The topological polar surface area (TPSA) is 49.8 Å². The van der Waals surface area contributed by atoms with Gasteiger partial charge in [-0.05, 0) is 61.6 Å². The van der Waals surface area contributed by atoms with Crippen LogP contribution in [0, 0.1) is 11.8 Å². The summed E-state index contributed by atoms with van der Waals surface area (Å²) < 4.78 is 5.30. The van der Waals surface area contributed by atoms with Gasteiger partial charge in [0.1, 0.15) is 5.75 Å². The maximum Gasteiger partial charge on any atom is 0.247 e. The highest BCUT2D eigenvalue weighted by molar-refractivity contribution is 5.89. The number of carbonyl (C=O) groups is 1. The van der Waals surface area contributed by atoms with Gasteiger partial charge in [0.05, 0.1) is 19.3 Å². The SMILES string of the molecule is COc1cccc([C@H]2C[C@H](O)CN2C(=O)C=C(C2CC2)C2CC2)c1. The Hall–Kier alpha value is -1.81. The Balaban J connectivity index is 1.57. The van der Waals surface area contributed by atoms with Crippen LogP contribution in [-0.4, -0.2) is 35.7 Å². The predicted octanol–water partition coefficient (Wildman–Crippen LogP) is 3.08. The zero-order valence-corrected chi connectivity index (χ0v) is 14.1. The Morgan fingerprint density at radius 2 is 1.96 bits per heavy atom. The average Bonchev–Trinajstić information content (AvgIpc) is 3.50. The summed E-state index contributed by atoms with van der Waals surface area (Å²) in [6.07, 6.45) is 6.96. The number of benzene rings is 1. The van der Waals surface area contributed by atoms with Crippen LogP contribution in [-0.2, 0) is 4.79 Å². The van der Waals surface area contributed by atoms with Gasteiger partial charge in [-0.15, -0.1) is 0 Å². The molecular formula is C20H25NO3. The third-order valence-electron chi connectivity index (χ3n) is 5.43. The number of β-amino-alcohol motifs (C(OH)–C–C–N with tert-alkyl or cyclic N) is 1. The fourth-order valence-corrected chi connectivity index (χ4v) is 3.85. The van der Waals surface area contributed by atoms with Crippen molar-refractivity contribution in [2.75, 3.05) is 13.7 Å². The number of hydrogen-bond donors (Lipinski definition) is 1. The molecule has 24 heavy (non-hydrogen) atoms. The minimum absolute atomic E-state index is 0.0631. The normalized spacial score (nSPS) is 26.3. The first-order chi connectivity index (χ1) is 11.7. The zero-order chi connectivity index (χ0) is 16.7. The number of amides is 1. The maximum absolute atomic E-state index is 12.9. The van der Waals surface area contributed by atoms with Crippen LogP contribution >= 0.6 is 0 Å². The average molecular weight is 327 g/mol. The first-order valence-corrected chi connectivity index (χ1v) is 9.00. The number of nitrogens with zero attached hydrogens (tertiary/aromatic N) is 1. The Kier molecular flexibility index (Phi) is 4.09. The van der Waals surface area contributed by atoms with E-state index in [0.29, 0.717) is 24.8 Å². The van der Waals surface area contributed by atoms with Gasteiger partial charge in [0, 0.05) is 12.6 Å². The minimum atomic E-state index is -0.455. The molecule has 4 nitrogen and oxygen atoms in total. The van der Waals surface area contributed by atoms with E-state index in [1.807, 2.05) is 35.2 Å². The molecule has 1 N–H and O–H groups in total. The number of ether oxygens (including phenoxy) is 1. The highest BCUT2D eigenvalue weighted by Gasteiger charge is 2.39. The van der Waals surface area contributed by atoms with Crippen molar-refractivity contribution in [1.82, 2.24) is 4.90 Å². The van der Waals surface area contributed by atoms with Crippen LogP contribution in [0.3, 0.4) is 0 Å². The lowest BCUT2D eigenvalue weighted by Gasteiger charge is -2.24. The molecule has 1 aromatic rings. The third-order valence-corrected chi connectivity index (χ3v) is 5.43. The molecule has 0 bridgehead atoms. The van der Waals surface area contributed by atoms with Gasteiger partial charge >= 0.3 is 0 Å². The monoisotopic (exact) mass is 327 g/mol. The quantitative estimate of drug-likeness (QED) is 0.846. The molecule has 0 radical (unpaired) electrons. The lowest BCUT2D eigenvalue weighted by atomic mass is 10.0. The molecule has 1 aromatic carbocycles. The summed E-state index contributed by atoms with van der Waals surface area (Å²) >= 11 is 0. The second-order valence-electron chi connectivity index (χ2n) is 7.37. The number of hydrogen-bond acceptors (Lipinski definition) is 3. The number of aliphatic hydroxyl groups excluding tert-OH is 1. The van der Waals surface area contributed by atoms with Gasteiger partial charge in [0.25, 0.3) is 0 Å². The van der Waals surface area contributed by atoms with Gasteiger partial charge in [0.2, 0.25) is 5.91 Å². The van der Waals surface area contributed by atoms with Crippen molar-refractivity contribution >= 4 is 5.91 Å². The van der Waals surface area contributed by atoms with Crippen LogP contribution in [0.2, 0.25) is 0 Å². The number of likely N-dealkylation sites (tertiary alicyclic amines) is 1. The summed E-state index contributed by atoms with van der Waals surface area (Å²) in [5, 5.41) is 10.1. The largest absolute Gasteiger partial charge is 0.497 e. The molecule has 1 heterocycles. The standard InChI is InChI=1S/C20H25NO3/c1-24-17-4-2-3-15(9-17)19-10-16(22)12-21(19)20(23)11-18(13-5-6-13)14-7-8-14/h2-4,9,11,13-14,16,19,22H,5-8,10,12H2,1H3/t16-,19+/m0/s1. The number of aliphatic hydroxyl groups is 1. The Morgan fingerprint density at radius 1 is 1.25 bits per heavy atom. The lowest BCUT2D eigenvalue weighted by molar-refractivity contribution is -0.127. The smallest absolute Gasteiger partial charge is 0.247 e. The molecule has 2 saturated carbocycles. The van der Waals surface area contributed by atoms with Crippen molar-refractivity contribution in [3.05, 3.63) is 41.5 Å². The van der Waals surface area contributed by atoms with Crippen LogP contribution in [0.1, 0.15) is 43.7 Å². The molecular weight excluding hydrogens is 302 g/mol. The molecule has 0 unspecified atom stereocenters. The number of methoxy groups -OCH3 is 1. The zero-order valence-electron chi connectivity index (χ0n) is 14.1. The lowest BCUT2D eigenvalue weighted by Crippen LogP contribution is -2.30. The van der Waals surface area contributed by atoms with Crippen molar-refractivity contribution in [3.8, 4) is 5.75 Å². The molecule has 1 saturated heterocycles. The van der Waals surface area contributed by atoms with Gasteiger partial charge in [-0.25, -0.2) is 0 Å². The van der Waals surface area contributed by atoms with Crippen molar-refractivity contribution < 1.29 is 14.6 Å². The first-order valence-electron chi connectivity index (χ1n) is 9.00. The molecule has 1 amide bonds. The molecule has 3 aliphatic rings. The van der Waals surface area contributed by atoms with E-state index in [2.05, 4.69) is 0 Å². The molecule has 0 aromatic heterocycles. The van der Waals surface area contributed by atoms with E-state index in [1.165, 1.54) is 31.3 Å². The number of allylic oxidation sites excluding steroid dienone is 1. The Labute approximate surface area is 143 Å². The van der Waals surface area contributed by atoms with E-state index in [1.54, 1.807) is 7.11 Å². The Morgan fingerprint density at radius 3 is 2.58 bits per heavy atom. The molecule has 1 aliphatic heterocycles. The van der Waals surface area contributed by atoms with Crippen LogP contribution in [0.25, 0.3) is 0 Å². The van der Waals surface area contributed by atoms with E-state index in [9.17, 15) is 9.90 Å². The van der Waals surface area contributed by atoms with E-state index in [4.69, 9.17) is 4.74 Å². The van der Waals surface area contributed by atoms with Crippen molar-refractivity contribution in [1.29, 1.82) is 0 Å². The van der Waals surface area contributed by atoms with Crippen molar-refractivity contribution in [2.45, 2.75) is 44.2 Å². The predicted molar refractivity (Wildman–Crippen MR) is 91.6 cm³/mol. The molecule has 128 valence electrons. The highest BCUT2D eigenvalue weighted by Crippen LogP contribution is 2.49. The van der Waals surface area contributed by atoms with E-state index >= 15 is 0 Å². The minimum Gasteiger partial charge on any atom is -0.497 e. The fourth-order valence-electron chi connectivity index (χ4n) is 3.85. The number of carbonyl (C=O) groups excluding carboxylic acids is 1. The van der Waals surface area contributed by atoms with Gasteiger partial charge in [-0.3, -0.25) is 4.79 Å². The van der Waals surface area contributed by atoms with Crippen LogP contribution in [0.15, 0.2) is 35.9 Å². The molecule has 3 fully saturated rings. The van der Waals surface area contributed by atoms with E-state index in [-0.39, 0.29) is 11.9 Å². The molecule has 2 atom stereocenters. The van der Waals surface area contributed by atoms with Crippen molar-refractivity contribution in [3.63, 3.8) is 0 Å². The second-order valence-corrected chi connectivity index (χ2v) is 7.37. The molecule has 2 aliphatic carbocycles.